The Kier molecular flexibility index (Phi) is 5.53. The summed E-state index contributed by atoms with van der Waals surface area (Å²) in [4.78, 5) is 14.2. The van der Waals surface area contributed by atoms with E-state index in [2.05, 4.69) is 4.99 Å². The molecule has 3 nitrogen and oxygen atoms in total. The first-order valence-corrected chi connectivity index (χ1v) is 4.27. The first-order chi connectivity index (χ1) is 6.02. The Morgan fingerprint density at radius 3 is 2.23 bits per heavy atom. The highest BCUT2D eigenvalue weighted by Crippen LogP contribution is 2.06. The van der Waals surface area contributed by atoms with E-state index in [1.54, 1.807) is 13.8 Å². The van der Waals surface area contributed by atoms with E-state index in [0.717, 1.165) is 0 Å². The summed E-state index contributed by atoms with van der Waals surface area (Å²) >= 11 is 5.08. The highest BCUT2D eigenvalue weighted by Gasteiger charge is 2.18. The topological polar surface area (TPSA) is 32.7 Å². The molecule has 0 fully saturated rings. The lowest BCUT2D eigenvalue weighted by atomic mass is 10.4. The molecule has 13 heavy (non-hydrogen) atoms. The van der Waals surface area contributed by atoms with Crippen molar-refractivity contribution in [1.82, 2.24) is 4.90 Å². The fourth-order valence-corrected chi connectivity index (χ4v) is 1.08. The third-order valence-corrected chi connectivity index (χ3v) is 1.68. The maximum atomic E-state index is 12.6. The van der Waals surface area contributed by atoms with Crippen LogP contribution >= 0.6 is 11.6 Å². The smallest absolute Gasteiger partial charge is 0.357 e. The molecular formula is C7H11ClF2N2O. The number of hydrogen-bond acceptors (Lipinski definition) is 1. The van der Waals surface area contributed by atoms with Crippen LogP contribution in [0.5, 0.6) is 0 Å². The monoisotopic (exact) mass is 212 g/mol. The molecule has 0 N–H and O–H groups in total. The van der Waals surface area contributed by atoms with Crippen molar-refractivity contribution in [3.8, 4) is 0 Å². The summed E-state index contributed by atoms with van der Waals surface area (Å²) in [5, 5.41) is 0. The first kappa shape index (κ1) is 12.3. The highest BCUT2D eigenvalue weighted by molar-refractivity contribution is 6.31. The largest absolute Gasteiger partial charge is 0.425 e. The Morgan fingerprint density at radius 1 is 1.54 bits per heavy atom. The van der Waals surface area contributed by atoms with Gasteiger partial charge < -0.3 is 4.90 Å². The molecule has 0 radical (unpaired) electrons. The molecule has 0 saturated carbocycles. The van der Waals surface area contributed by atoms with Gasteiger partial charge in [0.25, 0.3) is 0 Å². The molecule has 0 aliphatic heterocycles. The molecule has 0 bridgehead atoms. The number of aliphatic imine (C=N–C) groups is 1. The van der Waals surface area contributed by atoms with Gasteiger partial charge in [-0.1, -0.05) is 11.6 Å². The van der Waals surface area contributed by atoms with Crippen molar-refractivity contribution in [2.45, 2.75) is 19.5 Å². The zero-order valence-corrected chi connectivity index (χ0v) is 8.18. The van der Waals surface area contributed by atoms with Crippen LogP contribution in [0.3, 0.4) is 0 Å². The summed E-state index contributed by atoms with van der Waals surface area (Å²) in [5.41, 5.74) is -1.96. The number of alkyl halides is 2. The van der Waals surface area contributed by atoms with Crippen LogP contribution in [0.15, 0.2) is 4.99 Å². The van der Waals surface area contributed by atoms with Crippen LogP contribution in [0.2, 0.25) is 0 Å². The summed E-state index contributed by atoms with van der Waals surface area (Å²) < 4.78 is 24.5. The van der Waals surface area contributed by atoms with Crippen LogP contribution in [-0.4, -0.2) is 35.6 Å². The lowest BCUT2D eigenvalue weighted by Gasteiger charge is -2.21. The Balaban J connectivity index is 4.68. The minimum absolute atomic E-state index is 0.376. The Bertz CT molecular complexity index is 205. The van der Waals surface area contributed by atoms with Gasteiger partial charge in [0.15, 0.2) is 5.84 Å². The van der Waals surface area contributed by atoms with Gasteiger partial charge in [-0.15, -0.1) is 4.39 Å². The minimum Gasteiger partial charge on any atom is -0.357 e. The van der Waals surface area contributed by atoms with Crippen LogP contribution in [-0.2, 0) is 0 Å². The van der Waals surface area contributed by atoms with Gasteiger partial charge in [0.05, 0.1) is 0 Å². The molecule has 0 aliphatic carbocycles. The van der Waals surface area contributed by atoms with Gasteiger partial charge in [-0.25, -0.2) is 9.18 Å². The number of amides is 1. The van der Waals surface area contributed by atoms with E-state index in [4.69, 9.17) is 11.6 Å². The number of carbonyl (C=O) groups is 1. The van der Waals surface area contributed by atoms with Gasteiger partial charge in [0, 0.05) is 13.1 Å². The van der Waals surface area contributed by atoms with E-state index in [9.17, 15) is 13.6 Å². The SMILES string of the molecule is CCN(CC)/C(=N/C(=O)F)C(F)Cl. The van der Waals surface area contributed by atoms with Crippen molar-refractivity contribution in [3.63, 3.8) is 0 Å². The average Bonchev–Trinajstić information content (AvgIpc) is 2.04. The number of hydrogen-bond donors (Lipinski definition) is 0. The normalized spacial score (nSPS) is 14.1. The summed E-state index contributed by atoms with van der Waals surface area (Å²) in [6, 6.07) is 0. The third-order valence-electron chi connectivity index (χ3n) is 1.49. The molecule has 0 aliphatic rings. The Labute approximate surface area is 80.4 Å². The van der Waals surface area contributed by atoms with Gasteiger partial charge in [-0.05, 0) is 13.8 Å². The van der Waals surface area contributed by atoms with Crippen LogP contribution in [0.4, 0.5) is 13.6 Å². The number of amidine groups is 1. The van der Waals surface area contributed by atoms with Crippen molar-refractivity contribution in [2.24, 2.45) is 4.99 Å². The van der Waals surface area contributed by atoms with E-state index >= 15 is 0 Å². The van der Waals surface area contributed by atoms with Crippen molar-refractivity contribution in [1.29, 1.82) is 0 Å². The zero-order valence-electron chi connectivity index (χ0n) is 7.43. The second-order valence-corrected chi connectivity index (χ2v) is 2.58. The molecule has 76 valence electrons. The molecule has 6 heteroatoms. The minimum atomic E-state index is -1.96. The molecule has 1 unspecified atom stereocenters. The van der Waals surface area contributed by atoms with E-state index in [0.29, 0.717) is 13.1 Å². The van der Waals surface area contributed by atoms with Crippen molar-refractivity contribution in [3.05, 3.63) is 0 Å². The predicted molar refractivity (Wildman–Crippen MR) is 47.6 cm³/mol. The summed E-state index contributed by atoms with van der Waals surface area (Å²) in [7, 11) is 0. The molecule has 0 aromatic carbocycles. The molecule has 0 saturated heterocycles. The molecular weight excluding hydrogens is 202 g/mol. The molecule has 0 spiro atoms. The van der Waals surface area contributed by atoms with Gasteiger partial charge >= 0.3 is 6.16 Å². The fraction of sp³-hybridized carbons (Fsp3) is 0.714. The van der Waals surface area contributed by atoms with Crippen LogP contribution in [0.1, 0.15) is 13.8 Å². The van der Waals surface area contributed by atoms with Crippen LogP contribution < -0.4 is 0 Å². The predicted octanol–water partition coefficient (Wildman–Crippen LogP) is 2.35. The van der Waals surface area contributed by atoms with Crippen LogP contribution in [0.25, 0.3) is 0 Å². The number of nitrogens with zero attached hydrogens (tertiary/aromatic N) is 2. The number of halogens is 3. The molecule has 0 heterocycles. The van der Waals surface area contributed by atoms with Gasteiger partial charge in [0.2, 0.25) is 5.63 Å². The van der Waals surface area contributed by atoms with Crippen molar-refractivity contribution >= 4 is 23.6 Å². The first-order valence-electron chi connectivity index (χ1n) is 3.84. The zero-order chi connectivity index (χ0) is 10.4. The fourth-order valence-electron chi connectivity index (χ4n) is 0.895. The van der Waals surface area contributed by atoms with Gasteiger partial charge in [-0.2, -0.15) is 4.99 Å². The Hall–Kier alpha value is -0.710. The lowest BCUT2D eigenvalue weighted by molar-refractivity contribution is 0.230. The van der Waals surface area contributed by atoms with Crippen molar-refractivity contribution in [2.75, 3.05) is 13.1 Å². The third kappa shape index (κ3) is 4.17. The molecule has 0 aromatic rings. The van der Waals surface area contributed by atoms with E-state index in [-0.39, 0.29) is 5.84 Å². The second-order valence-electron chi connectivity index (χ2n) is 2.20. The summed E-state index contributed by atoms with van der Waals surface area (Å²) in [5.74, 6) is -0.376. The van der Waals surface area contributed by atoms with Gasteiger partial charge in [0.1, 0.15) is 0 Å². The molecule has 1 amide bonds. The average molecular weight is 213 g/mol. The molecule has 0 aromatic heterocycles. The quantitative estimate of drug-likeness (QED) is 0.237. The van der Waals surface area contributed by atoms with E-state index < -0.39 is 11.8 Å². The van der Waals surface area contributed by atoms with Crippen molar-refractivity contribution < 1.29 is 13.6 Å². The van der Waals surface area contributed by atoms with E-state index in [1.165, 1.54) is 4.90 Å². The second kappa shape index (κ2) is 5.85. The summed E-state index contributed by atoms with van der Waals surface area (Å²) in [6.45, 7) is 4.27. The van der Waals surface area contributed by atoms with Crippen LogP contribution in [0, 0.1) is 0 Å². The Morgan fingerprint density at radius 2 is 2.00 bits per heavy atom. The number of carbonyl (C=O) groups excluding carboxylic acids is 1. The summed E-state index contributed by atoms with van der Waals surface area (Å²) in [6.07, 6.45) is -1.94. The van der Waals surface area contributed by atoms with E-state index in [1.807, 2.05) is 0 Å². The maximum Gasteiger partial charge on any atom is 0.425 e. The lowest BCUT2D eigenvalue weighted by Crippen LogP contribution is -2.35. The number of rotatable bonds is 3. The maximum absolute atomic E-state index is 12.6. The molecule has 1 atom stereocenters. The van der Waals surface area contributed by atoms with Gasteiger partial charge in [-0.3, -0.25) is 0 Å². The highest BCUT2D eigenvalue weighted by atomic mass is 35.5. The standard InChI is InChI=1S/C7H11ClF2N2O/c1-3-12(4-2)6(5(8)9)11-7(10)13/h5H,3-4H2,1-2H3/b11-6+. The molecule has 0 rings (SSSR count).